The Kier molecular flexibility index (Phi) is 3.41. The van der Waals surface area contributed by atoms with Crippen LogP contribution < -0.4 is 5.32 Å². The van der Waals surface area contributed by atoms with Gasteiger partial charge < -0.3 is 5.32 Å². The van der Waals surface area contributed by atoms with E-state index in [2.05, 4.69) is 21.2 Å². The zero-order chi connectivity index (χ0) is 11.6. The van der Waals surface area contributed by atoms with Crippen molar-refractivity contribution in [2.75, 3.05) is 5.32 Å². The first-order chi connectivity index (χ1) is 6.99. The van der Waals surface area contributed by atoms with Crippen LogP contribution in [0.3, 0.4) is 0 Å². The van der Waals surface area contributed by atoms with Crippen molar-refractivity contribution in [3.63, 3.8) is 0 Å². The quantitative estimate of drug-likeness (QED) is 0.522. The van der Waals surface area contributed by atoms with Crippen molar-refractivity contribution in [2.45, 2.75) is 13.8 Å². The van der Waals surface area contributed by atoms with Gasteiger partial charge in [0.2, 0.25) is 6.41 Å². The third-order valence-electron chi connectivity index (χ3n) is 2.22. The molecule has 1 amide bonds. The first-order valence-corrected chi connectivity index (χ1v) is 4.92. The Labute approximate surface area is 94.8 Å². The number of hydrogen-bond acceptors (Lipinski definition) is 3. The van der Waals surface area contributed by atoms with Crippen molar-refractivity contribution in [1.29, 1.82) is 0 Å². The van der Waals surface area contributed by atoms with Gasteiger partial charge in [-0.05, 0) is 35.3 Å². The van der Waals surface area contributed by atoms with E-state index < -0.39 is 4.92 Å². The summed E-state index contributed by atoms with van der Waals surface area (Å²) in [5.41, 5.74) is 1.83. The van der Waals surface area contributed by atoms with Crippen LogP contribution in [0.15, 0.2) is 10.5 Å². The smallest absolute Gasteiger partial charge is 0.273 e. The SMILES string of the molecule is Cc1c([N+](=O)[O-])cc(Br)c(NC=O)c1C. The Morgan fingerprint density at radius 3 is 2.53 bits per heavy atom. The molecule has 0 aromatic heterocycles. The number of anilines is 1. The highest BCUT2D eigenvalue weighted by molar-refractivity contribution is 9.10. The summed E-state index contributed by atoms with van der Waals surface area (Å²) in [5.74, 6) is 0. The number of hydrogen-bond donors (Lipinski definition) is 1. The average molecular weight is 273 g/mol. The second-order valence-corrected chi connectivity index (χ2v) is 3.88. The first kappa shape index (κ1) is 11.6. The van der Waals surface area contributed by atoms with Crippen LogP contribution in [0.25, 0.3) is 0 Å². The Hall–Kier alpha value is -1.43. The van der Waals surface area contributed by atoms with Crippen molar-refractivity contribution < 1.29 is 9.72 Å². The lowest BCUT2D eigenvalue weighted by Gasteiger charge is -2.10. The lowest BCUT2D eigenvalue weighted by atomic mass is 10.1. The maximum Gasteiger partial charge on any atom is 0.273 e. The average Bonchev–Trinajstić information content (AvgIpc) is 2.18. The molecule has 0 saturated heterocycles. The molecule has 0 atom stereocenters. The highest BCUT2D eigenvalue weighted by Crippen LogP contribution is 2.34. The predicted molar refractivity (Wildman–Crippen MR) is 60.0 cm³/mol. The summed E-state index contributed by atoms with van der Waals surface area (Å²) in [4.78, 5) is 20.6. The van der Waals surface area contributed by atoms with E-state index in [1.54, 1.807) is 13.8 Å². The molecule has 1 N–H and O–H groups in total. The van der Waals surface area contributed by atoms with Gasteiger partial charge in [0.25, 0.3) is 5.69 Å². The molecule has 0 aliphatic rings. The Bertz CT molecular complexity index is 432. The summed E-state index contributed by atoms with van der Waals surface area (Å²) in [6.07, 6.45) is 0.540. The molecule has 5 nitrogen and oxygen atoms in total. The van der Waals surface area contributed by atoms with E-state index in [-0.39, 0.29) is 5.69 Å². The van der Waals surface area contributed by atoms with E-state index in [0.717, 1.165) is 0 Å². The van der Waals surface area contributed by atoms with Gasteiger partial charge in [-0.15, -0.1) is 0 Å². The number of nitrogens with zero attached hydrogens (tertiary/aromatic N) is 1. The van der Waals surface area contributed by atoms with Gasteiger partial charge in [0.1, 0.15) is 0 Å². The van der Waals surface area contributed by atoms with E-state index in [9.17, 15) is 14.9 Å². The van der Waals surface area contributed by atoms with Crippen molar-refractivity contribution >= 4 is 33.7 Å². The molecule has 1 aromatic rings. The molecular formula is C9H9BrN2O3. The highest BCUT2D eigenvalue weighted by atomic mass is 79.9. The minimum atomic E-state index is -0.447. The van der Waals surface area contributed by atoms with Crippen LogP contribution in [-0.4, -0.2) is 11.3 Å². The number of nitrogens with one attached hydrogen (secondary N) is 1. The largest absolute Gasteiger partial charge is 0.327 e. The standard InChI is InChI=1S/C9H9BrN2O3/c1-5-6(2)9(11-4-13)7(10)3-8(5)12(14)15/h3-4H,1-2H3,(H,11,13). The molecule has 0 bridgehead atoms. The van der Waals surface area contributed by atoms with E-state index in [1.165, 1.54) is 6.07 Å². The second kappa shape index (κ2) is 4.39. The van der Waals surface area contributed by atoms with E-state index >= 15 is 0 Å². The van der Waals surface area contributed by atoms with Gasteiger partial charge in [0.05, 0.1) is 10.6 Å². The van der Waals surface area contributed by atoms with Crippen molar-refractivity contribution in [1.82, 2.24) is 0 Å². The molecule has 6 heteroatoms. The Balaban J connectivity index is 3.43. The molecule has 0 fully saturated rings. The summed E-state index contributed by atoms with van der Waals surface area (Å²) < 4.78 is 0.504. The molecule has 0 heterocycles. The third-order valence-corrected chi connectivity index (χ3v) is 2.85. The second-order valence-electron chi connectivity index (χ2n) is 3.02. The number of carbonyl (C=O) groups excluding carboxylic acids is 1. The normalized spacial score (nSPS) is 9.80. The van der Waals surface area contributed by atoms with E-state index in [1.807, 2.05) is 0 Å². The summed E-state index contributed by atoms with van der Waals surface area (Å²) in [6, 6.07) is 1.38. The van der Waals surface area contributed by atoms with Crippen molar-refractivity contribution in [3.05, 3.63) is 31.8 Å². The monoisotopic (exact) mass is 272 g/mol. The Morgan fingerprint density at radius 1 is 1.47 bits per heavy atom. The van der Waals surface area contributed by atoms with Crippen molar-refractivity contribution in [2.24, 2.45) is 0 Å². The molecule has 0 radical (unpaired) electrons. The number of benzene rings is 1. The zero-order valence-corrected chi connectivity index (χ0v) is 9.79. The Morgan fingerprint density at radius 2 is 2.07 bits per heavy atom. The molecule has 15 heavy (non-hydrogen) atoms. The minimum Gasteiger partial charge on any atom is -0.327 e. The number of nitro benzene ring substituents is 1. The van der Waals surface area contributed by atoms with Crippen molar-refractivity contribution in [3.8, 4) is 0 Å². The third kappa shape index (κ3) is 2.15. The summed E-state index contributed by atoms with van der Waals surface area (Å²) in [7, 11) is 0. The van der Waals surface area contributed by atoms with Crippen LogP contribution in [0.1, 0.15) is 11.1 Å². The maximum absolute atomic E-state index is 10.7. The first-order valence-electron chi connectivity index (χ1n) is 4.13. The molecule has 0 spiro atoms. The molecule has 0 aliphatic heterocycles. The highest BCUT2D eigenvalue weighted by Gasteiger charge is 2.17. The van der Waals surface area contributed by atoms with Crippen LogP contribution in [0.5, 0.6) is 0 Å². The van der Waals surface area contributed by atoms with Crippen LogP contribution in [-0.2, 0) is 4.79 Å². The lowest BCUT2D eigenvalue weighted by Crippen LogP contribution is -2.02. The molecular weight excluding hydrogens is 264 g/mol. The minimum absolute atomic E-state index is 0.0378. The molecule has 1 rings (SSSR count). The lowest BCUT2D eigenvalue weighted by molar-refractivity contribution is -0.385. The zero-order valence-electron chi connectivity index (χ0n) is 8.20. The van der Waals surface area contributed by atoms with Crippen LogP contribution in [0, 0.1) is 24.0 Å². The fraction of sp³-hybridized carbons (Fsp3) is 0.222. The topological polar surface area (TPSA) is 72.2 Å². The fourth-order valence-corrected chi connectivity index (χ4v) is 1.91. The van der Waals surface area contributed by atoms with Gasteiger partial charge in [0, 0.05) is 16.1 Å². The van der Waals surface area contributed by atoms with Gasteiger partial charge in [-0.2, -0.15) is 0 Å². The molecule has 0 saturated carbocycles. The molecule has 0 aliphatic carbocycles. The van der Waals surface area contributed by atoms with Gasteiger partial charge in [-0.25, -0.2) is 0 Å². The van der Waals surface area contributed by atoms with Gasteiger partial charge in [-0.1, -0.05) is 0 Å². The van der Waals surface area contributed by atoms with E-state index in [0.29, 0.717) is 27.7 Å². The summed E-state index contributed by atoms with van der Waals surface area (Å²) >= 11 is 3.18. The fourth-order valence-electron chi connectivity index (χ4n) is 1.28. The molecule has 80 valence electrons. The van der Waals surface area contributed by atoms with Crippen LogP contribution >= 0.6 is 15.9 Å². The van der Waals surface area contributed by atoms with Crippen LogP contribution in [0.2, 0.25) is 0 Å². The maximum atomic E-state index is 10.7. The molecule has 0 unspecified atom stereocenters. The van der Waals surface area contributed by atoms with Gasteiger partial charge >= 0.3 is 0 Å². The van der Waals surface area contributed by atoms with E-state index in [4.69, 9.17) is 0 Å². The van der Waals surface area contributed by atoms with Crippen LogP contribution in [0.4, 0.5) is 11.4 Å². The number of carbonyl (C=O) groups is 1. The van der Waals surface area contributed by atoms with Gasteiger partial charge in [-0.3, -0.25) is 14.9 Å². The number of nitro groups is 1. The molecule has 1 aromatic carbocycles. The predicted octanol–water partition coefficient (Wildman–Crippen LogP) is 2.54. The number of amides is 1. The number of halogens is 1. The van der Waals surface area contributed by atoms with Gasteiger partial charge in [0.15, 0.2) is 0 Å². The summed E-state index contributed by atoms with van der Waals surface area (Å²) in [6.45, 7) is 3.37. The number of rotatable bonds is 3. The summed E-state index contributed by atoms with van der Waals surface area (Å²) in [5, 5.41) is 13.2.